The summed E-state index contributed by atoms with van der Waals surface area (Å²) < 4.78 is 2.22. The second kappa shape index (κ2) is 5.05. The lowest BCUT2D eigenvalue weighted by Gasteiger charge is -2.13. The molecule has 1 aliphatic rings. The van der Waals surface area contributed by atoms with Gasteiger partial charge in [0.1, 0.15) is 0 Å². The predicted octanol–water partition coefficient (Wildman–Crippen LogP) is 3.96. The van der Waals surface area contributed by atoms with Crippen molar-refractivity contribution in [2.75, 3.05) is 0 Å². The summed E-state index contributed by atoms with van der Waals surface area (Å²) in [6, 6.07) is 17.9. The second-order valence-corrected chi connectivity index (χ2v) is 5.95. The van der Waals surface area contributed by atoms with Gasteiger partial charge in [-0.05, 0) is 35.6 Å². The van der Waals surface area contributed by atoms with Gasteiger partial charge in [0.15, 0.2) is 0 Å². The van der Waals surface area contributed by atoms with Crippen molar-refractivity contribution in [1.82, 2.24) is 9.88 Å². The average molecular weight is 276 g/mol. The number of nitrogens with zero attached hydrogens (tertiary/aromatic N) is 1. The number of para-hydroxylation sites is 1. The van der Waals surface area contributed by atoms with Crippen molar-refractivity contribution < 1.29 is 0 Å². The van der Waals surface area contributed by atoms with Crippen molar-refractivity contribution in [3.05, 3.63) is 71.4 Å². The summed E-state index contributed by atoms with van der Waals surface area (Å²) in [5.41, 5.74) is 5.68. The molecule has 1 aromatic heterocycles. The Bertz CT molecular complexity index is 785. The zero-order chi connectivity index (χ0) is 14.2. The quantitative estimate of drug-likeness (QED) is 0.766. The molecule has 1 heterocycles. The maximum atomic E-state index is 3.75. The first-order chi connectivity index (χ1) is 10.3. The molecule has 0 saturated heterocycles. The van der Waals surface area contributed by atoms with Gasteiger partial charge in [0.25, 0.3) is 0 Å². The number of hydrogen-bond donors (Lipinski definition) is 1. The van der Waals surface area contributed by atoms with Crippen LogP contribution in [-0.4, -0.2) is 4.57 Å². The summed E-state index contributed by atoms with van der Waals surface area (Å²) in [6.07, 6.45) is 4.66. The molecule has 1 atom stereocenters. The Labute approximate surface area is 125 Å². The number of nitrogens with one attached hydrogen (secondary N) is 1. The first-order valence-electron chi connectivity index (χ1n) is 7.67. The fraction of sp³-hybridized carbons (Fsp3) is 0.263. The average Bonchev–Trinajstić information content (AvgIpc) is 3.08. The zero-order valence-corrected chi connectivity index (χ0v) is 12.3. The minimum atomic E-state index is 0.500. The molecule has 0 fully saturated rings. The van der Waals surface area contributed by atoms with E-state index in [0.29, 0.717) is 6.04 Å². The number of aromatic nitrogens is 1. The summed E-state index contributed by atoms with van der Waals surface area (Å²) in [6.45, 7) is 0.931. The van der Waals surface area contributed by atoms with E-state index >= 15 is 0 Å². The minimum absolute atomic E-state index is 0.500. The Morgan fingerprint density at radius 2 is 1.90 bits per heavy atom. The lowest BCUT2D eigenvalue weighted by atomic mass is 10.1. The smallest absolute Gasteiger partial charge is 0.0481 e. The highest BCUT2D eigenvalue weighted by molar-refractivity contribution is 5.83. The van der Waals surface area contributed by atoms with Crippen molar-refractivity contribution in [2.24, 2.45) is 7.05 Å². The van der Waals surface area contributed by atoms with Gasteiger partial charge in [-0.2, -0.15) is 0 Å². The van der Waals surface area contributed by atoms with Crippen molar-refractivity contribution in [3.8, 4) is 0 Å². The van der Waals surface area contributed by atoms with Gasteiger partial charge < -0.3 is 9.88 Å². The van der Waals surface area contributed by atoms with E-state index in [1.165, 1.54) is 40.4 Å². The van der Waals surface area contributed by atoms with Crippen LogP contribution >= 0.6 is 0 Å². The standard InChI is InChI=1S/C19H20N2/c1-21-13-15(17-8-4-5-9-19(17)21)12-20-18-11-10-14-6-2-3-7-16(14)18/h2-9,13,18,20H,10-12H2,1H3. The van der Waals surface area contributed by atoms with Gasteiger partial charge in [0.05, 0.1) is 0 Å². The largest absolute Gasteiger partial charge is 0.350 e. The van der Waals surface area contributed by atoms with Crippen LogP contribution in [0.5, 0.6) is 0 Å². The molecule has 0 aliphatic heterocycles. The van der Waals surface area contributed by atoms with E-state index in [0.717, 1.165) is 6.54 Å². The molecule has 4 rings (SSSR count). The van der Waals surface area contributed by atoms with Crippen molar-refractivity contribution >= 4 is 10.9 Å². The SMILES string of the molecule is Cn1cc(CNC2CCc3ccccc32)c2ccccc21. The van der Waals surface area contributed by atoms with Crippen LogP contribution in [0.1, 0.15) is 29.2 Å². The molecular formula is C19H20N2. The Morgan fingerprint density at radius 3 is 2.86 bits per heavy atom. The van der Waals surface area contributed by atoms with Gasteiger partial charge in [-0.25, -0.2) is 0 Å². The van der Waals surface area contributed by atoms with Gasteiger partial charge in [-0.1, -0.05) is 42.5 Å². The fourth-order valence-electron chi connectivity index (χ4n) is 3.57. The Kier molecular flexibility index (Phi) is 3.04. The molecular weight excluding hydrogens is 256 g/mol. The molecule has 1 unspecified atom stereocenters. The highest BCUT2D eigenvalue weighted by Gasteiger charge is 2.21. The van der Waals surface area contributed by atoms with E-state index < -0.39 is 0 Å². The summed E-state index contributed by atoms with van der Waals surface area (Å²) in [5, 5.41) is 5.11. The molecule has 2 nitrogen and oxygen atoms in total. The monoisotopic (exact) mass is 276 g/mol. The van der Waals surface area contributed by atoms with Gasteiger partial charge in [-0.15, -0.1) is 0 Å². The van der Waals surface area contributed by atoms with E-state index in [2.05, 4.69) is 71.7 Å². The van der Waals surface area contributed by atoms with Crippen LogP contribution in [0.15, 0.2) is 54.7 Å². The summed E-state index contributed by atoms with van der Waals surface area (Å²) >= 11 is 0. The lowest BCUT2D eigenvalue weighted by Crippen LogP contribution is -2.18. The molecule has 106 valence electrons. The molecule has 0 spiro atoms. The van der Waals surface area contributed by atoms with Gasteiger partial charge in [0.2, 0.25) is 0 Å². The molecule has 1 N–H and O–H groups in total. The highest BCUT2D eigenvalue weighted by Crippen LogP contribution is 2.31. The summed E-state index contributed by atoms with van der Waals surface area (Å²) in [4.78, 5) is 0. The maximum absolute atomic E-state index is 3.75. The maximum Gasteiger partial charge on any atom is 0.0481 e. The normalized spacial score (nSPS) is 17.3. The number of fused-ring (bicyclic) bond motifs is 2. The highest BCUT2D eigenvalue weighted by atomic mass is 14.9. The number of benzene rings is 2. The van der Waals surface area contributed by atoms with Crippen molar-refractivity contribution in [2.45, 2.75) is 25.4 Å². The molecule has 0 saturated carbocycles. The summed E-state index contributed by atoms with van der Waals surface area (Å²) in [5.74, 6) is 0. The van der Waals surface area contributed by atoms with Gasteiger partial charge in [0, 0.05) is 36.7 Å². The summed E-state index contributed by atoms with van der Waals surface area (Å²) in [7, 11) is 2.12. The van der Waals surface area contributed by atoms with Gasteiger partial charge >= 0.3 is 0 Å². The van der Waals surface area contributed by atoms with E-state index in [1.807, 2.05) is 0 Å². The Balaban J connectivity index is 1.57. The number of aryl methyl sites for hydroxylation is 2. The fourth-order valence-corrected chi connectivity index (χ4v) is 3.57. The van der Waals surface area contributed by atoms with E-state index in [9.17, 15) is 0 Å². The molecule has 0 bridgehead atoms. The zero-order valence-electron chi connectivity index (χ0n) is 12.3. The third-order valence-corrected chi connectivity index (χ3v) is 4.65. The number of rotatable bonds is 3. The minimum Gasteiger partial charge on any atom is -0.350 e. The third kappa shape index (κ3) is 2.16. The van der Waals surface area contributed by atoms with Crippen LogP contribution in [-0.2, 0) is 20.0 Å². The second-order valence-electron chi connectivity index (χ2n) is 5.95. The third-order valence-electron chi connectivity index (χ3n) is 4.65. The predicted molar refractivity (Wildman–Crippen MR) is 87.3 cm³/mol. The Morgan fingerprint density at radius 1 is 1.10 bits per heavy atom. The molecule has 2 heteroatoms. The molecule has 0 radical (unpaired) electrons. The topological polar surface area (TPSA) is 17.0 Å². The first-order valence-corrected chi connectivity index (χ1v) is 7.67. The first kappa shape index (κ1) is 12.7. The molecule has 2 aromatic carbocycles. The van der Waals surface area contributed by atoms with Crippen LogP contribution < -0.4 is 5.32 Å². The van der Waals surface area contributed by atoms with Crippen LogP contribution in [0, 0.1) is 0 Å². The Hall–Kier alpha value is -2.06. The van der Waals surface area contributed by atoms with Crippen LogP contribution in [0.3, 0.4) is 0 Å². The van der Waals surface area contributed by atoms with Crippen molar-refractivity contribution in [1.29, 1.82) is 0 Å². The number of hydrogen-bond acceptors (Lipinski definition) is 1. The molecule has 1 aliphatic carbocycles. The van der Waals surface area contributed by atoms with E-state index in [4.69, 9.17) is 0 Å². The van der Waals surface area contributed by atoms with E-state index in [1.54, 1.807) is 0 Å². The molecule has 3 aromatic rings. The van der Waals surface area contributed by atoms with Gasteiger partial charge in [-0.3, -0.25) is 0 Å². The van der Waals surface area contributed by atoms with E-state index in [-0.39, 0.29) is 0 Å². The van der Waals surface area contributed by atoms with Crippen LogP contribution in [0.4, 0.5) is 0 Å². The van der Waals surface area contributed by atoms with Crippen LogP contribution in [0.2, 0.25) is 0 Å². The van der Waals surface area contributed by atoms with Crippen molar-refractivity contribution in [3.63, 3.8) is 0 Å². The molecule has 0 amide bonds. The molecule has 21 heavy (non-hydrogen) atoms. The van der Waals surface area contributed by atoms with Crippen LogP contribution in [0.25, 0.3) is 10.9 Å². The lowest BCUT2D eigenvalue weighted by molar-refractivity contribution is 0.531.